The Bertz CT molecular complexity index is 353. The van der Waals surface area contributed by atoms with Crippen LogP contribution in [-0.2, 0) is 9.53 Å². The molecule has 0 radical (unpaired) electrons. The maximum atomic E-state index is 11.8. The number of aromatic nitrogens is 2. The van der Waals surface area contributed by atoms with E-state index in [4.69, 9.17) is 0 Å². The summed E-state index contributed by atoms with van der Waals surface area (Å²) in [5.41, 5.74) is 0.316. The summed E-state index contributed by atoms with van der Waals surface area (Å²) in [6.07, 6.45) is 1.61. The molecule has 0 atom stereocenters. The van der Waals surface area contributed by atoms with Gasteiger partial charge >= 0.3 is 5.97 Å². The average molecular weight is 243 g/mol. The predicted octanol–water partition coefficient (Wildman–Crippen LogP) is 0.563. The van der Waals surface area contributed by atoms with Crippen LogP contribution >= 0.6 is 11.7 Å². The molecule has 88 valence electrons. The van der Waals surface area contributed by atoms with Crippen molar-refractivity contribution < 1.29 is 14.3 Å². The van der Waals surface area contributed by atoms with Crippen molar-refractivity contribution in [3.05, 3.63) is 11.9 Å². The van der Waals surface area contributed by atoms with E-state index in [0.717, 1.165) is 11.7 Å². The minimum absolute atomic E-state index is 0.188. The topological polar surface area (TPSA) is 72.4 Å². The van der Waals surface area contributed by atoms with Crippen molar-refractivity contribution in [1.29, 1.82) is 0 Å². The fraction of sp³-hybridized carbons (Fsp3) is 0.556. The van der Waals surface area contributed by atoms with E-state index in [9.17, 15) is 9.59 Å². The highest BCUT2D eigenvalue weighted by Crippen LogP contribution is 2.03. The molecular weight excluding hydrogens is 230 g/mol. The number of ether oxygens (including phenoxy) is 1. The van der Waals surface area contributed by atoms with Gasteiger partial charge in [-0.05, 0) is 6.92 Å². The van der Waals surface area contributed by atoms with Crippen LogP contribution in [0.1, 0.15) is 23.8 Å². The van der Waals surface area contributed by atoms with Crippen LogP contribution < -0.4 is 0 Å². The van der Waals surface area contributed by atoms with Gasteiger partial charge in [-0.15, -0.1) is 0 Å². The van der Waals surface area contributed by atoms with E-state index in [-0.39, 0.29) is 18.3 Å². The molecule has 1 aromatic rings. The molecule has 6 nitrogen and oxygen atoms in total. The molecule has 16 heavy (non-hydrogen) atoms. The molecule has 1 heterocycles. The highest BCUT2D eigenvalue weighted by Gasteiger charge is 2.17. The van der Waals surface area contributed by atoms with Crippen molar-refractivity contribution in [1.82, 2.24) is 13.6 Å². The molecule has 0 saturated carbocycles. The number of rotatable bonds is 5. The fourth-order valence-electron chi connectivity index (χ4n) is 1.15. The van der Waals surface area contributed by atoms with E-state index in [2.05, 4.69) is 13.5 Å². The van der Waals surface area contributed by atoms with Gasteiger partial charge in [0.2, 0.25) is 0 Å². The Kier molecular flexibility index (Phi) is 4.84. The zero-order valence-corrected chi connectivity index (χ0v) is 9.99. The standard InChI is InChI=1S/C9H13N3O3S/c1-3-12(5-4-8(13)15-2)9(14)7-6-10-16-11-7/h6H,3-5H2,1-2H3. The zero-order chi connectivity index (χ0) is 12.0. The van der Waals surface area contributed by atoms with Crippen molar-refractivity contribution in [2.75, 3.05) is 20.2 Å². The van der Waals surface area contributed by atoms with Gasteiger partial charge in [0.1, 0.15) is 0 Å². The second-order valence-electron chi connectivity index (χ2n) is 3.00. The van der Waals surface area contributed by atoms with Crippen LogP contribution in [0.5, 0.6) is 0 Å². The number of nitrogens with zero attached hydrogens (tertiary/aromatic N) is 3. The number of amides is 1. The first-order valence-corrected chi connectivity index (χ1v) is 5.55. The van der Waals surface area contributed by atoms with Crippen molar-refractivity contribution in [3.8, 4) is 0 Å². The minimum Gasteiger partial charge on any atom is -0.469 e. The highest BCUT2D eigenvalue weighted by molar-refractivity contribution is 6.99. The Labute approximate surface area is 97.5 Å². The second-order valence-corrected chi connectivity index (χ2v) is 3.56. The number of carbonyl (C=O) groups is 2. The van der Waals surface area contributed by atoms with Crippen molar-refractivity contribution >= 4 is 23.6 Å². The lowest BCUT2D eigenvalue weighted by Crippen LogP contribution is -2.33. The Balaban J connectivity index is 2.54. The Morgan fingerprint density at radius 1 is 1.56 bits per heavy atom. The summed E-state index contributed by atoms with van der Waals surface area (Å²) in [5, 5.41) is 0. The summed E-state index contributed by atoms with van der Waals surface area (Å²) < 4.78 is 12.1. The monoisotopic (exact) mass is 243 g/mol. The van der Waals surface area contributed by atoms with Gasteiger partial charge in [-0.3, -0.25) is 9.59 Å². The van der Waals surface area contributed by atoms with Crippen LogP contribution in [0.25, 0.3) is 0 Å². The smallest absolute Gasteiger partial charge is 0.307 e. The second kappa shape index (κ2) is 6.16. The Hall–Kier alpha value is -1.50. The lowest BCUT2D eigenvalue weighted by atomic mass is 10.3. The van der Waals surface area contributed by atoms with Gasteiger partial charge < -0.3 is 9.64 Å². The SMILES string of the molecule is CCN(CCC(=O)OC)C(=O)c1cnsn1. The van der Waals surface area contributed by atoms with Crippen LogP contribution in [0.3, 0.4) is 0 Å². The van der Waals surface area contributed by atoms with E-state index < -0.39 is 0 Å². The molecule has 1 rings (SSSR count). The maximum absolute atomic E-state index is 11.8. The van der Waals surface area contributed by atoms with Gasteiger partial charge in [-0.1, -0.05) is 0 Å². The molecule has 0 aromatic carbocycles. The molecule has 1 amide bonds. The van der Waals surface area contributed by atoms with Gasteiger partial charge in [-0.25, -0.2) is 0 Å². The Morgan fingerprint density at radius 2 is 2.31 bits per heavy atom. The number of carbonyl (C=O) groups excluding carboxylic acids is 2. The number of hydrogen-bond acceptors (Lipinski definition) is 6. The summed E-state index contributed by atoms with van der Waals surface area (Å²) in [7, 11) is 1.32. The van der Waals surface area contributed by atoms with Crippen molar-refractivity contribution in [3.63, 3.8) is 0 Å². The van der Waals surface area contributed by atoms with E-state index in [1.54, 1.807) is 0 Å². The summed E-state index contributed by atoms with van der Waals surface area (Å²) in [4.78, 5) is 24.3. The van der Waals surface area contributed by atoms with Crippen LogP contribution in [0, 0.1) is 0 Å². The van der Waals surface area contributed by atoms with E-state index >= 15 is 0 Å². The summed E-state index contributed by atoms with van der Waals surface area (Å²) >= 11 is 0.986. The molecule has 0 spiro atoms. The Morgan fingerprint density at radius 3 is 2.81 bits per heavy atom. The zero-order valence-electron chi connectivity index (χ0n) is 9.17. The van der Waals surface area contributed by atoms with Gasteiger partial charge in [0, 0.05) is 13.1 Å². The van der Waals surface area contributed by atoms with E-state index in [1.165, 1.54) is 18.2 Å². The molecule has 0 unspecified atom stereocenters. The molecule has 0 bridgehead atoms. The molecule has 0 saturated heterocycles. The third kappa shape index (κ3) is 3.27. The summed E-state index contributed by atoms with van der Waals surface area (Å²) in [6.45, 7) is 2.70. The molecule has 0 N–H and O–H groups in total. The lowest BCUT2D eigenvalue weighted by molar-refractivity contribution is -0.140. The number of esters is 1. The first kappa shape index (κ1) is 12.6. The van der Waals surface area contributed by atoms with Crippen LogP contribution in [0.15, 0.2) is 6.20 Å². The fourth-order valence-corrected chi connectivity index (χ4v) is 1.56. The van der Waals surface area contributed by atoms with Crippen LogP contribution in [0.4, 0.5) is 0 Å². The molecule has 1 aromatic heterocycles. The summed E-state index contributed by atoms with van der Waals surface area (Å²) in [5.74, 6) is -0.539. The molecule has 0 aliphatic carbocycles. The van der Waals surface area contributed by atoms with Crippen molar-refractivity contribution in [2.24, 2.45) is 0 Å². The van der Waals surface area contributed by atoms with Gasteiger partial charge in [0.15, 0.2) is 5.69 Å². The van der Waals surface area contributed by atoms with Gasteiger partial charge in [0.25, 0.3) is 5.91 Å². The highest BCUT2D eigenvalue weighted by atomic mass is 32.1. The molecule has 0 fully saturated rings. The lowest BCUT2D eigenvalue weighted by Gasteiger charge is -2.18. The number of hydrogen-bond donors (Lipinski definition) is 0. The van der Waals surface area contributed by atoms with Gasteiger partial charge in [0.05, 0.1) is 31.5 Å². The van der Waals surface area contributed by atoms with Crippen LogP contribution in [-0.4, -0.2) is 45.7 Å². The van der Waals surface area contributed by atoms with Crippen LogP contribution in [0.2, 0.25) is 0 Å². The molecule has 7 heteroatoms. The largest absolute Gasteiger partial charge is 0.469 e. The minimum atomic E-state index is -0.331. The first-order chi connectivity index (χ1) is 7.69. The molecule has 0 aliphatic rings. The summed E-state index contributed by atoms with van der Waals surface area (Å²) in [6, 6.07) is 0. The molecular formula is C9H13N3O3S. The first-order valence-electron chi connectivity index (χ1n) is 4.82. The van der Waals surface area contributed by atoms with E-state index in [1.807, 2.05) is 6.92 Å². The third-order valence-electron chi connectivity index (χ3n) is 2.06. The normalized spacial score (nSPS) is 9.88. The van der Waals surface area contributed by atoms with Crippen molar-refractivity contribution in [2.45, 2.75) is 13.3 Å². The number of methoxy groups -OCH3 is 1. The van der Waals surface area contributed by atoms with E-state index in [0.29, 0.717) is 18.8 Å². The third-order valence-corrected chi connectivity index (χ3v) is 2.54. The maximum Gasteiger partial charge on any atom is 0.307 e. The van der Waals surface area contributed by atoms with Gasteiger partial charge in [-0.2, -0.15) is 8.75 Å². The quantitative estimate of drug-likeness (QED) is 0.707. The molecule has 0 aliphatic heterocycles. The average Bonchev–Trinajstić information content (AvgIpc) is 2.82. The predicted molar refractivity (Wildman–Crippen MR) is 58.1 cm³/mol.